The van der Waals surface area contributed by atoms with Crippen LogP contribution >= 0.6 is 11.5 Å². The molecule has 0 radical (unpaired) electrons. The van der Waals surface area contributed by atoms with Gasteiger partial charge in [0.05, 0.1) is 0 Å². The lowest BCUT2D eigenvalue weighted by atomic mass is 10.1. The first-order chi connectivity index (χ1) is 10.1. The van der Waals surface area contributed by atoms with E-state index in [4.69, 9.17) is 0 Å². The lowest BCUT2D eigenvalue weighted by molar-refractivity contribution is 0.433. The summed E-state index contributed by atoms with van der Waals surface area (Å²) in [6.45, 7) is 1.67. The van der Waals surface area contributed by atoms with E-state index in [1.165, 1.54) is 0 Å². The summed E-state index contributed by atoms with van der Waals surface area (Å²) in [7, 11) is 0. The molecule has 0 aliphatic carbocycles. The molecule has 21 heavy (non-hydrogen) atoms. The fraction of sp³-hybridized carbons (Fsp3) is 0.0769. The van der Waals surface area contributed by atoms with Crippen molar-refractivity contribution < 1.29 is 5.11 Å². The summed E-state index contributed by atoms with van der Waals surface area (Å²) < 4.78 is 4.91. The van der Waals surface area contributed by atoms with Crippen LogP contribution in [0.5, 0.6) is 5.88 Å². The first-order valence-corrected chi connectivity index (χ1v) is 6.79. The van der Waals surface area contributed by atoms with Crippen LogP contribution in [0.2, 0.25) is 0 Å². The quantitative estimate of drug-likeness (QED) is 0.737. The Morgan fingerprint density at radius 2 is 1.95 bits per heavy atom. The van der Waals surface area contributed by atoms with Gasteiger partial charge in [-0.2, -0.15) is 4.37 Å². The average molecular weight is 302 g/mol. The first kappa shape index (κ1) is 13.3. The van der Waals surface area contributed by atoms with Gasteiger partial charge < -0.3 is 5.11 Å². The lowest BCUT2D eigenvalue weighted by Gasteiger charge is -2.08. The Morgan fingerprint density at radius 3 is 2.57 bits per heavy atom. The number of aromatic amines is 1. The molecule has 0 atom stereocenters. The molecule has 106 valence electrons. The van der Waals surface area contributed by atoms with Gasteiger partial charge in [0.2, 0.25) is 11.0 Å². The van der Waals surface area contributed by atoms with Crippen molar-refractivity contribution in [1.82, 2.24) is 18.9 Å². The van der Waals surface area contributed by atoms with Crippen LogP contribution in [-0.2, 0) is 0 Å². The van der Waals surface area contributed by atoms with Gasteiger partial charge in [-0.3, -0.25) is 9.78 Å². The van der Waals surface area contributed by atoms with Crippen molar-refractivity contribution in [2.75, 3.05) is 0 Å². The molecule has 0 aliphatic rings. The summed E-state index contributed by atoms with van der Waals surface area (Å²) >= 11 is 0.961. The predicted octanol–water partition coefficient (Wildman–Crippen LogP) is 1.06. The molecule has 3 rings (SSSR count). The minimum absolute atomic E-state index is 0.0167. The van der Waals surface area contributed by atoms with Gasteiger partial charge in [-0.05, 0) is 12.5 Å². The maximum Gasteiger partial charge on any atom is 0.337 e. The molecule has 2 aromatic heterocycles. The Balaban J connectivity index is 2.33. The summed E-state index contributed by atoms with van der Waals surface area (Å²) in [5.74, 6) is 0.0276. The summed E-state index contributed by atoms with van der Waals surface area (Å²) in [4.78, 5) is 30.2. The SMILES string of the molecule is Cc1nsc(-n2c(O)c(-c3ccccc3)c(=O)[nH]c2=O)n1. The van der Waals surface area contributed by atoms with Crippen LogP contribution in [0, 0.1) is 6.92 Å². The number of H-pyrrole nitrogens is 1. The molecule has 1 aromatic carbocycles. The zero-order chi connectivity index (χ0) is 15.0. The number of nitrogens with zero attached hydrogens (tertiary/aromatic N) is 3. The van der Waals surface area contributed by atoms with Gasteiger partial charge in [-0.15, -0.1) is 0 Å². The highest BCUT2D eigenvalue weighted by Crippen LogP contribution is 2.26. The van der Waals surface area contributed by atoms with Crippen LogP contribution in [0.25, 0.3) is 16.3 Å². The predicted molar refractivity (Wildman–Crippen MR) is 78.0 cm³/mol. The second kappa shape index (κ2) is 4.98. The van der Waals surface area contributed by atoms with E-state index < -0.39 is 17.1 Å². The van der Waals surface area contributed by atoms with Crippen molar-refractivity contribution in [2.24, 2.45) is 0 Å². The average Bonchev–Trinajstić information content (AvgIpc) is 2.85. The minimum Gasteiger partial charge on any atom is -0.493 e. The van der Waals surface area contributed by atoms with E-state index in [9.17, 15) is 14.7 Å². The summed E-state index contributed by atoms with van der Waals surface area (Å²) in [6, 6.07) is 8.60. The smallest absolute Gasteiger partial charge is 0.337 e. The highest BCUT2D eigenvalue weighted by atomic mass is 32.1. The number of aromatic nitrogens is 4. The number of nitrogens with one attached hydrogen (secondary N) is 1. The number of aryl methyl sites for hydroxylation is 1. The zero-order valence-electron chi connectivity index (χ0n) is 10.9. The number of aromatic hydroxyl groups is 1. The van der Waals surface area contributed by atoms with E-state index in [0.717, 1.165) is 16.1 Å². The van der Waals surface area contributed by atoms with Crippen molar-refractivity contribution in [2.45, 2.75) is 6.92 Å². The third-order valence-corrected chi connectivity index (χ3v) is 3.65. The first-order valence-electron chi connectivity index (χ1n) is 6.02. The summed E-state index contributed by atoms with van der Waals surface area (Å²) in [5, 5.41) is 10.5. The van der Waals surface area contributed by atoms with E-state index in [0.29, 0.717) is 11.4 Å². The topological polar surface area (TPSA) is 101 Å². The van der Waals surface area contributed by atoms with Gasteiger partial charge in [0.25, 0.3) is 5.56 Å². The van der Waals surface area contributed by atoms with Gasteiger partial charge in [0.15, 0.2) is 0 Å². The van der Waals surface area contributed by atoms with Crippen molar-refractivity contribution in [3.05, 3.63) is 57.0 Å². The van der Waals surface area contributed by atoms with Gasteiger partial charge in [0, 0.05) is 11.5 Å². The normalized spacial score (nSPS) is 10.7. The van der Waals surface area contributed by atoms with Crippen LogP contribution in [0.3, 0.4) is 0 Å². The molecular formula is C13H10N4O3S. The van der Waals surface area contributed by atoms with Gasteiger partial charge in [0.1, 0.15) is 11.4 Å². The molecule has 0 spiro atoms. The Hall–Kier alpha value is -2.74. The maximum absolute atomic E-state index is 12.0. The fourth-order valence-electron chi connectivity index (χ4n) is 1.94. The number of rotatable bonds is 2. The van der Waals surface area contributed by atoms with E-state index in [-0.39, 0.29) is 10.7 Å². The van der Waals surface area contributed by atoms with Gasteiger partial charge in [-0.25, -0.2) is 14.3 Å². The maximum atomic E-state index is 12.0. The molecule has 0 saturated carbocycles. The third-order valence-electron chi connectivity index (χ3n) is 2.86. The standard InChI is InChI=1S/C13H10N4O3S/c1-7-14-13(21-16-7)17-11(19)9(10(18)15-12(17)20)8-5-3-2-4-6-8/h2-6,19H,1H3,(H,15,18,20). The molecule has 0 aliphatic heterocycles. The minimum atomic E-state index is -0.756. The summed E-state index contributed by atoms with van der Waals surface area (Å²) in [6.07, 6.45) is 0. The van der Waals surface area contributed by atoms with Crippen molar-refractivity contribution in [1.29, 1.82) is 0 Å². The van der Waals surface area contributed by atoms with E-state index >= 15 is 0 Å². The number of benzene rings is 1. The fourth-order valence-corrected chi connectivity index (χ4v) is 2.62. The number of hydrogen-bond acceptors (Lipinski definition) is 6. The molecule has 2 heterocycles. The van der Waals surface area contributed by atoms with E-state index in [2.05, 4.69) is 14.3 Å². The van der Waals surface area contributed by atoms with E-state index in [1.54, 1.807) is 37.3 Å². The Kier molecular flexibility index (Phi) is 3.15. The monoisotopic (exact) mass is 302 g/mol. The van der Waals surface area contributed by atoms with E-state index in [1.807, 2.05) is 0 Å². The molecule has 0 fully saturated rings. The Labute approximate surface area is 122 Å². The van der Waals surface area contributed by atoms with Crippen LogP contribution in [-0.4, -0.2) is 24.0 Å². The highest BCUT2D eigenvalue weighted by Gasteiger charge is 2.18. The second-order valence-electron chi connectivity index (χ2n) is 4.28. The zero-order valence-corrected chi connectivity index (χ0v) is 11.7. The molecule has 0 amide bonds. The molecule has 3 aromatic rings. The summed E-state index contributed by atoms with van der Waals surface area (Å²) in [5.41, 5.74) is -0.885. The molecule has 0 saturated heterocycles. The van der Waals surface area contributed by atoms with Gasteiger partial charge in [-0.1, -0.05) is 30.3 Å². The largest absolute Gasteiger partial charge is 0.493 e. The van der Waals surface area contributed by atoms with Crippen molar-refractivity contribution in [3.63, 3.8) is 0 Å². The van der Waals surface area contributed by atoms with Gasteiger partial charge >= 0.3 is 5.69 Å². The number of hydrogen-bond donors (Lipinski definition) is 2. The van der Waals surface area contributed by atoms with Crippen LogP contribution in [0.1, 0.15) is 5.82 Å². The molecular weight excluding hydrogens is 292 g/mol. The van der Waals surface area contributed by atoms with Crippen molar-refractivity contribution >= 4 is 11.5 Å². The molecule has 7 nitrogen and oxygen atoms in total. The molecule has 2 N–H and O–H groups in total. The molecule has 0 bridgehead atoms. The molecule has 0 unspecified atom stereocenters. The lowest BCUT2D eigenvalue weighted by Crippen LogP contribution is -2.30. The Bertz CT molecular complexity index is 911. The highest BCUT2D eigenvalue weighted by molar-refractivity contribution is 7.08. The van der Waals surface area contributed by atoms with Crippen LogP contribution < -0.4 is 11.2 Å². The Morgan fingerprint density at radius 1 is 1.24 bits per heavy atom. The third kappa shape index (κ3) is 2.25. The van der Waals surface area contributed by atoms with Crippen LogP contribution in [0.4, 0.5) is 0 Å². The van der Waals surface area contributed by atoms with Crippen LogP contribution in [0.15, 0.2) is 39.9 Å². The second-order valence-corrected chi connectivity index (χ2v) is 5.01. The van der Waals surface area contributed by atoms with Crippen molar-refractivity contribution in [3.8, 4) is 22.1 Å². The molecule has 8 heteroatoms.